The Kier molecular flexibility index (Phi) is 6.46. The van der Waals surface area contributed by atoms with Crippen LogP contribution in [-0.4, -0.2) is 49.7 Å². The number of anilines is 1. The van der Waals surface area contributed by atoms with Crippen LogP contribution >= 0.6 is 0 Å². The Labute approximate surface area is 168 Å². The standard InChI is InChI=1S/C19H21F2N3O4S/c1-28-16-5-2-4-14(10-16)12-23-8-3-9-24(29(23,26)27)13-19(25)22-18-7-6-15(20)11-17(18)21/h2,4-7,10-11H,3,8-9,12-13H2,1H3,(H,22,25). The number of carbonyl (C=O) groups excluding carboxylic acids is 1. The minimum atomic E-state index is -3.88. The molecule has 1 heterocycles. The highest BCUT2D eigenvalue weighted by Crippen LogP contribution is 2.22. The molecule has 0 spiro atoms. The first-order valence-corrected chi connectivity index (χ1v) is 10.3. The van der Waals surface area contributed by atoms with Crippen molar-refractivity contribution in [1.29, 1.82) is 0 Å². The summed E-state index contributed by atoms with van der Waals surface area (Å²) in [4.78, 5) is 12.2. The summed E-state index contributed by atoms with van der Waals surface area (Å²) in [6.07, 6.45) is 0.543. The van der Waals surface area contributed by atoms with Gasteiger partial charge in [0.25, 0.3) is 10.2 Å². The summed E-state index contributed by atoms with van der Waals surface area (Å²) in [5, 5.41) is 2.28. The summed E-state index contributed by atoms with van der Waals surface area (Å²) in [5.41, 5.74) is 0.548. The van der Waals surface area contributed by atoms with Gasteiger partial charge in [0.2, 0.25) is 5.91 Å². The quantitative estimate of drug-likeness (QED) is 0.771. The van der Waals surface area contributed by atoms with Gasteiger partial charge in [-0.05, 0) is 36.2 Å². The second-order valence-electron chi connectivity index (χ2n) is 6.55. The fraction of sp³-hybridized carbons (Fsp3) is 0.316. The zero-order valence-corrected chi connectivity index (χ0v) is 16.6. The van der Waals surface area contributed by atoms with Gasteiger partial charge in [0.1, 0.15) is 17.4 Å². The summed E-state index contributed by atoms with van der Waals surface area (Å²) in [7, 11) is -2.35. The average Bonchev–Trinajstić information content (AvgIpc) is 2.67. The van der Waals surface area contributed by atoms with E-state index in [1.54, 1.807) is 24.3 Å². The van der Waals surface area contributed by atoms with Crippen molar-refractivity contribution in [2.24, 2.45) is 0 Å². The van der Waals surface area contributed by atoms with Crippen molar-refractivity contribution >= 4 is 21.8 Å². The third-order valence-corrected chi connectivity index (χ3v) is 6.41. The molecule has 0 radical (unpaired) electrons. The zero-order valence-electron chi connectivity index (χ0n) is 15.8. The van der Waals surface area contributed by atoms with E-state index in [1.165, 1.54) is 11.4 Å². The number of ether oxygens (including phenoxy) is 1. The summed E-state index contributed by atoms with van der Waals surface area (Å²) in [6.45, 7) is 0.179. The smallest absolute Gasteiger partial charge is 0.282 e. The van der Waals surface area contributed by atoms with Crippen molar-refractivity contribution in [3.8, 4) is 5.75 Å². The van der Waals surface area contributed by atoms with Gasteiger partial charge < -0.3 is 10.1 Å². The molecular formula is C19H21F2N3O4S. The molecule has 1 aliphatic heterocycles. The Morgan fingerprint density at radius 3 is 2.62 bits per heavy atom. The van der Waals surface area contributed by atoms with Gasteiger partial charge in [-0.2, -0.15) is 17.0 Å². The molecule has 7 nitrogen and oxygen atoms in total. The van der Waals surface area contributed by atoms with Crippen LogP contribution in [0.4, 0.5) is 14.5 Å². The van der Waals surface area contributed by atoms with Gasteiger partial charge in [-0.15, -0.1) is 0 Å². The predicted octanol–water partition coefficient (Wildman–Crippen LogP) is 2.36. The Morgan fingerprint density at radius 2 is 1.90 bits per heavy atom. The van der Waals surface area contributed by atoms with Crippen LogP contribution in [0.1, 0.15) is 12.0 Å². The summed E-state index contributed by atoms with van der Waals surface area (Å²) in [5.74, 6) is -1.79. The third kappa shape index (κ3) is 5.08. The first-order chi connectivity index (χ1) is 13.8. The van der Waals surface area contributed by atoms with Crippen LogP contribution in [0.5, 0.6) is 5.75 Å². The number of hydrogen-bond acceptors (Lipinski definition) is 4. The lowest BCUT2D eigenvalue weighted by Crippen LogP contribution is -2.51. The van der Waals surface area contributed by atoms with Crippen molar-refractivity contribution in [2.75, 3.05) is 32.1 Å². The van der Waals surface area contributed by atoms with Crippen molar-refractivity contribution in [3.05, 3.63) is 59.7 Å². The fourth-order valence-corrected chi connectivity index (χ4v) is 4.69. The van der Waals surface area contributed by atoms with E-state index >= 15 is 0 Å². The van der Waals surface area contributed by atoms with E-state index in [1.807, 2.05) is 0 Å². The van der Waals surface area contributed by atoms with Gasteiger partial charge in [-0.25, -0.2) is 8.78 Å². The number of nitrogens with zero attached hydrogens (tertiary/aromatic N) is 2. The minimum absolute atomic E-state index is 0.143. The van der Waals surface area contributed by atoms with Crippen molar-refractivity contribution in [2.45, 2.75) is 13.0 Å². The third-order valence-electron chi connectivity index (χ3n) is 4.49. The van der Waals surface area contributed by atoms with Gasteiger partial charge in [-0.3, -0.25) is 4.79 Å². The molecule has 29 heavy (non-hydrogen) atoms. The van der Waals surface area contributed by atoms with Crippen LogP contribution in [0.2, 0.25) is 0 Å². The summed E-state index contributed by atoms with van der Waals surface area (Å²) < 4.78 is 60.0. The number of hydrogen-bond donors (Lipinski definition) is 1. The molecule has 1 amide bonds. The molecule has 0 bridgehead atoms. The second-order valence-corrected chi connectivity index (χ2v) is 8.48. The molecule has 10 heteroatoms. The van der Waals surface area contributed by atoms with E-state index in [0.29, 0.717) is 24.8 Å². The van der Waals surface area contributed by atoms with Gasteiger partial charge in [-0.1, -0.05) is 12.1 Å². The topological polar surface area (TPSA) is 79.0 Å². The van der Waals surface area contributed by atoms with Crippen LogP contribution < -0.4 is 10.1 Å². The number of carbonyl (C=O) groups is 1. The van der Waals surface area contributed by atoms with Crippen molar-refractivity contribution in [1.82, 2.24) is 8.61 Å². The van der Waals surface area contributed by atoms with E-state index < -0.39 is 34.3 Å². The molecule has 2 aromatic carbocycles. The molecule has 2 aromatic rings. The van der Waals surface area contributed by atoms with E-state index in [2.05, 4.69) is 5.32 Å². The molecule has 0 aromatic heterocycles. The number of nitrogens with one attached hydrogen (secondary N) is 1. The van der Waals surface area contributed by atoms with Gasteiger partial charge in [0.05, 0.1) is 19.3 Å². The molecule has 1 fully saturated rings. The number of rotatable bonds is 6. The van der Waals surface area contributed by atoms with E-state index in [4.69, 9.17) is 4.74 Å². The lowest BCUT2D eigenvalue weighted by Gasteiger charge is -2.34. The van der Waals surface area contributed by atoms with Gasteiger partial charge in [0, 0.05) is 25.7 Å². The molecule has 0 atom stereocenters. The highest BCUT2D eigenvalue weighted by molar-refractivity contribution is 7.86. The summed E-state index contributed by atoms with van der Waals surface area (Å²) in [6, 6.07) is 9.81. The summed E-state index contributed by atoms with van der Waals surface area (Å²) >= 11 is 0. The lowest BCUT2D eigenvalue weighted by atomic mass is 10.2. The van der Waals surface area contributed by atoms with Gasteiger partial charge in [0.15, 0.2) is 0 Å². The molecule has 0 saturated carbocycles. The van der Waals surface area contributed by atoms with Crippen LogP contribution in [-0.2, 0) is 21.5 Å². The second kappa shape index (κ2) is 8.85. The number of amides is 1. The molecule has 1 N–H and O–H groups in total. The largest absolute Gasteiger partial charge is 0.497 e. The Balaban J connectivity index is 1.68. The molecule has 156 valence electrons. The molecule has 1 saturated heterocycles. The molecule has 1 aliphatic rings. The first-order valence-electron chi connectivity index (χ1n) is 8.92. The average molecular weight is 425 g/mol. The van der Waals surface area contributed by atoms with Gasteiger partial charge >= 0.3 is 0 Å². The molecule has 3 rings (SSSR count). The zero-order chi connectivity index (χ0) is 21.0. The molecular weight excluding hydrogens is 404 g/mol. The normalized spacial score (nSPS) is 17.1. The van der Waals surface area contributed by atoms with E-state index in [-0.39, 0.29) is 18.8 Å². The van der Waals surface area contributed by atoms with Crippen molar-refractivity contribution in [3.63, 3.8) is 0 Å². The fourth-order valence-electron chi connectivity index (χ4n) is 3.05. The van der Waals surface area contributed by atoms with E-state index in [9.17, 15) is 22.0 Å². The van der Waals surface area contributed by atoms with Crippen molar-refractivity contribution < 1.29 is 26.7 Å². The maximum absolute atomic E-state index is 13.7. The van der Waals surface area contributed by atoms with Crippen LogP contribution in [0.3, 0.4) is 0 Å². The number of methoxy groups -OCH3 is 1. The van der Waals surface area contributed by atoms with Crippen LogP contribution in [0.25, 0.3) is 0 Å². The monoisotopic (exact) mass is 425 g/mol. The lowest BCUT2D eigenvalue weighted by molar-refractivity contribution is -0.116. The Morgan fingerprint density at radius 1 is 1.14 bits per heavy atom. The Hall–Kier alpha value is -2.56. The maximum atomic E-state index is 13.7. The predicted molar refractivity (Wildman–Crippen MR) is 104 cm³/mol. The SMILES string of the molecule is COc1cccc(CN2CCCN(CC(=O)Nc3ccc(F)cc3F)S2(=O)=O)c1. The highest BCUT2D eigenvalue weighted by atomic mass is 32.2. The first kappa shape index (κ1) is 21.2. The van der Waals surface area contributed by atoms with Crippen LogP contribution in [0, 0.1) is 11.6 Å². The minimum Gasteiger partial charge on any atom is -0.497 e. The molecule has 0 unspecified atom stereocenters. The number of benzene rings is 2. The maximum Gasteiger partial charge on any atom is 0.282 e. The Bertz CT molecular complexity index is 1000. The highest BCUT2D eigenvalue weighted by Gasteiger charge is 2.34. The van der Waals surface area contributed by atoms with E-state index in [0.717, 1.165) is 22.0 Å². The van der Waals surface area contributed by atoms with Crippen LogP contribution in [0.15, 0.2) is 42.5 Å². The molecule has 0 aliphatic carbocycles. The number of halogens is 2.